The van der Waals surface area contributed by atoms with E-state index in [9.17, 15) is 22.4 Å². The molecule has 29 heavy (non-hydrogen) atoms. The van der Waals surface area contributed by atoms with Gasteiger partial charge < -0.3 is 10.6 Å². The van der Waals surface area contributed by atoms with Gasteiger partial charge in [-0.25, -0.2) is 9.37 Å². The Hall–Kier alpha value is -2.65. The molecule has 0 fully saturated rings. The molecule has 0 bridgehead atoms. The lowest BCUT2D eigenvalue weighted by Gasteiger charge is -2.09. The van der Waals surface area contributed by atoms with Gasteiger partial charge >= 0.3 is 6.18 Å². The van der Waals surface area contributed by atoms with E-state index in [0.29, 0.717) is 21.3 Å². The number of hydrogen-bond donors (Lipinski definition) is 2. The summed E-state index contributed by atoms with van der Waals surface area (Å²) in [4.78, 5) is 16.7. The first-order valence-corrected chi connectivity index (χ1v) is 9.50. The molecular weight excluding hydrogens is 430 g/mol. The van der Waals surface area contributed by atoms with Crippen molar-refractivity contribution in [2.75, 3.05) is 17.2 Å². The number of rotatable bonds is 6. The molecule has 0 atom stereocenters. The first-order valence-electron chi connectivity index (χ1n) is 8.30. The smallest absolute Gasteiger partial charge is 0.376 e. The molecule has 0 aliphatic carbocycles. The third-order valence-corrected chi connectivity index (χ3v) is 5.12. The van der Waals surface area contributed by atoms with Gasteiger partial charge in [-0.2, -0.15) is 13.2 Å². The van der Waals surface area contributed by atoms with E-state index in [2.05, 4.69) is 15.6 Å². The van der Waals surface area contributed by atoms with Crippen LogP contribution in [0.4, 0.5) is 28.4 Å². The molecule has 0 saturated carbocycles. The number of anilines is 2. The average Bonchev–Trinajstić information content (AvgIpc) is 3.09. The summed E-state index contributed by atoms with van der Waals surface area (Å²) < 4.78 is 51.5. The maximum absolute atomic E-state index is 12.9. The van der Waals surface area contributed by atoms with Gasteiger partial charge in [-0.3, -0.25) is 4.79 Å². The van der Waals surface area contributed by atoms with Gasteiger partial charge in [-0.05, 0) is 48.0 Å². The highest BCUT2D eigenvalue weighted by Gasteiger charge is 2.30. The van der Waals surface area contributed by atoms with Crippen molar-refractivity contribution in [3.8, 4) is 0 Å². The summed E-state index contributed by atoms with van der Waals surface area (Å²) in [5, 5.41) is 5.98. The fourth-order valence-corrected chi connectivity index (χ4v) is 3.47. The van der Waals surface area contributed by atoms with Crippen LogP contribution in [-0.4, -0.2) is 17.4 Å². The fraction of sp³-hybridized carbons (Fsp3) is 0.158. The Kier molecular flexibility index (Phi) is 6.39. The first-order chi connectivity index (χ1) is 13.7. The topological polar surface area (TPSA) is 54.0 Å². The van der Waals surface area contributed by atoms with Gasteiger partial charge in [0.1, 0.15) is 5.82 Å². The van der Waals surface area contributed by atoms with Crippen molar-refractivity contribution in [1.82, 2.24) is 4.98 Å². The highest BCUT2D eigenvalue weighted by Crippen LogP contribution is 2.33. The second kappa shape index (κ2) is 8.79. The lowest BCUT2D eigenvalue weighted by molar-refractivity contribution is -0.137. The Morgan fingerprint density at radius 3 is 2.55 bits per heavy atom. The molecule has 1 amide bonds. The number of hydrogen-bond acceptors (Lipinski definition) is 4. The summed E-state index contributed by atoms with van der Waals surface area (Å²) in [6.45, 7) is -0.0556. The Bertz CT molecular complexity index is 1010. The van der Waals surface area contributed by atoms with Crippen LogP contribution >= 0.6 is 22.9 Å². The third kappa shape index (κ3) is 5.91. The minimum Gasteiger partial charge on any atom is -0.376 e. The Labute approximate surface area is 172 Å². The highest BCUT2D eigenvalue weighted by molar-refractivity contribution is 7.15. The number of carbonyl (C=O) groups is 1. The van der Waals surface area contributed by atoms with E-state index < -0.39 is 11.7 Å². The molecule has 1 aromatic heterocycles. The number of benzene rings is 2. The molecule has 2 N–H and O–H groups in total. The summed E-state index contributed by atoms with van der Waals surface area (Å²) in [5.74, 6) is -0.747. The van der Waals surface area contributed by atoms with Crippen LogP contribution in [0.1, 0.15) is 16.0 Å². The first kappa shape index (κ1) is 21.1. The molecule has 4 nitrogen and oxygen atoms in total. The maximum Gasteiger partial charge on any atom is 0.416 e. The number of alkyl halides is 3. The third-order valence-electron chi connectivity index (χ3n) is 3.83. The van der Waals surface area contributed by atoms with E-state index in [1.807, 2.05) is 0 Å². The molecule has 0 aliphatic heterocycles. The van der Waals surface area contributed by atoms with Gasteiger partial charge in [-0.15, -0.1) is 11.3 Å². The van der Waals surface area contributed by atoms with Crippen LogP contribution in [0.25, 0.3) is 0 Å². The van der Waals surface area contributed by atoms with Gasteiger partial charge in [0.05, 0.1) is 12.1 Å². The van der Waals surface area contributed by atoms with Gasteiger partial charge in [0.25, 0.3) is 0 Å². The molecule has 0 spiro atoms. The number of nitrogens with one attached hydrogen (secondary N) is 2. The van der Waals surface area contributed by atoms with Gasteiger partial charge in [0.2, 0.25) is 5.91 Å². The molecule has 0 saturated heterocycles. The van der Waals surface area contributed by atoms with Gasteiger partial charge in [-0.1, -0.05) is 11.6 Å². The lowest BCUT2D eigenvalue weighted by atomic mass is 10.1. The maximum atomic E-state index is 12.9. The zero-order valence-corrected chi connectivity index (χ0v) is 16.3. The van der Waals surface area contributed by atoms with Crippen LogP contribution in [0.5, 0.6) is 0 Å². The van der Waals surface area contributed by atoms with Crippen LogP contribution in [0.15, 0.2) is 48.7 Å². The van der Waals surface area contributed by atoms with Crippen LogP contribution in [-0.2, 0) is 17.4 Å². The van der Waals surface area contributed by atoms with E-state index in [1.165, 1.54) is 36.5 Å². The van der Waals surface area contributed by atoms with Crippen molar-refractivity contribution in [3.05, 3.63) is 75.5 Å². The minimum absolute atomic E-state index is 0.0556. The quantitative estimate of drug-likeness (QED) is 0.488. The summed E-state index contributed by atoms with van der Waals surface area (Å²) in [5.41, 5.74) is 0.128. The van der Waals surface area contributed by atoms with Crippen LogP contribution < -0.4 is 10.6 Å². The van der Waals surface area contributed by atoms with E-state index in [1.54, 1.807) is 0 Å². The molecular formula is C19H14ClF4N3OS. The van der Waals surface area contributed by atoms with Crippen molar-refractivity contribution in [2.24, 2.45) is 0 Å². The second-order valence-electron chi connectivity index (χ2n) is 6.02. The van der Waals surface area contributed by atoms with Gasteiger partial charge in [0.15, 0.2) is 5.13 Å². The zero-order valence-electron chi connectivity index (χ0n) is 14.7. The summed E-state index contributed by atoms with van der Waals surface area (Å²) in [6, 6.07) is 8.69. The summed E-state index contributed by atoms with van der Waals surface area (Å²) in [7, 11) is 0. The fourth-order valence-electron chi connectivity index (χ4n) is 2.43. The molecule has 10 heteroatoms. The number of carbonyl (C=O) groups excluding carboxylic acids is 1. The zero-order chi connectivity index (χ0) is 21.0. The molecule has 3 aromatic rings. The summed E-state index contributed by atoms with van der Waals surface area (Å²) >= 11 is 7.15. The number of amides is 1. The molecule has 0 aliphatic rings. The lowest BCUT2D eigenvalue weighted by Crippen LogP contribution is -2.21. The predicted molar refractivity (Wildman–Crippen MR) is 105 cm³/mol. The second-order valence-corrected chi connectivity index (χ2v) is 7.54. The molecule has 3 rings (SSSR count). The number of aromatic nitrogens is 1. The summed E-state index contributed by atoms with van der Waals surface area (Å²) in [6.07, 6.45) is -2.82. The van der Waals surface area contributed by atoms with Crippen molar-refractivity contribution in [1.29, 1.82) is 0 Å². The van der Waals surface area contributed by atoms with Crippen LogP contribution in [0.2, 0.25) is 5.02 Å². The monoisotopic (exact) mass is 443 g/mol. The molecule has 0 radical (unpaired) electrons. The molecule has 2 aromatic carbocycles. The van der Waals surface area contributed by atoms with Gasteiger partial charge in [0, 0.05) is 28.2 Å². The standard InChI is InChI=1S/C19H14ClF4N3OS/c20-16-6-1-12(19(22,23)24)7-11(16)8-15-9-26-18(29-15)27-17(28)10-25-14-4-2-13(21)3-5-14/h1-7,9,25H,8,10H2,(H,26,27,28). The number of thiazole rings is 1. The van der Waals surface area contributed by atoms with Crippen LogP contribution in [0.3, 0.4) is 0 Å². The minimum atomic E-state index is -4.45. The Balaban J connectivity index is 1.59. The Morgan fingerprint density at radius 2 is 1.86 bits per heavy atom. The SMILES string of the molecule is O=C(CNc1ccc(F)cc1)Nc1ncc(Cc2cc(C(F)(F)F)ccc2Cl)s1. The normalized spacial score (nSPS) is 11.3. The van der Waals surface area contributed by atoms with Crippen molar-refractivity contribution >= 4 is 39.7 Å². The predicted octanol–water partition coefficient (Wildman–Crippen LogP) is 5.60. The van der Waals surface area contributed by atoms with E-state index in [-0.39, 0.29) is 29.7 Å². The molecule has 0 unspecified atom stereocenters. The van der Waals surface area contributed by atoms with Crippen molar-refractivity contribution in [3.63, 3.8) is 0 Å². The molecule has 1 heterocycles. The molecule has 152 valence electrons. The largest absolute Gasteiger partial charge is 0.416 e. The van der Waals surface area contributed by atoms with E-state index in [4.69, 9.17) is 11.6 Å². The van der Waals surface area contributed by atoms with Crippen molar-refractivity contribution in [2.45, 2.75) is 12.6 Å². The number of halogens is 5. The van der Waals surface area contributed by atoms with Crippen molar-refractivity contribution < 1.29 is 22.4 Å². The van der Waals surface area contributed by atoms with Crippen LogP contribution in [0, 0.1) is 5.82 Å². The Morgan fingerprint density at radius 1 is 1.14 bits per heavy atom. The van der Waals surface area contributed by atoms with E-state index >= 15 is 0 Å². The van der Waals surface area contributed by atoms with E-state index in [0.717, 1.165) is 23.5 Å². The average molecular weight is 444 g/mol. The number of nitrogens with zero attached hydrogens (tertiary/aromatic N) is 1. The highest BCUT2D eigenvalue weighted by atomic mass is 35.5.